The Morgan fingerprint density at radius 1 is 1.43 bits per heavy atom. The zero-order valence-corrected chi connectivity index (χ0v) is 13.4. The van der Waals surface area contributed by atoms with Crippen LogP contribution in [0, 0.1) is 0 Å². The van der Waals surface area contributed by atoms with E-state index in [1.165, 1.54) is 14.4 Å². The van der Waals surface area contributed by atoms with Gasteiger partial charge >= 0.3 is 102 Å². The van der Waals surface area contributed by atoms with E-state index in [9.17, 15) is 0 Å². The summed E-state index contributed by atoms with van der Waals surface area (Å²) in [5.74, 6) is 0. The number of nitrogens with zero attached hydrogens (tertiary/aromatic N) is 1. The van der Waals surface area contributed by atoms with E-state index in [4.69, 9.17) is 5.73 Å². The van der Waals surface area contributed by atoms with E-state index in [0.29, 0.717) is 6.54 Å². The number of hydrogen-bond donors (Lipinski definition) is 1. The molecule has 1 rings (SSSR count). The van der Waals surface area contributed by atoms with Crippen LogP contribution in [0.25, 0.3) is 0 Å². The van der Waals surface area contributed by atoms with Crippen molar-refractivity contribution >= 4 is 28.0 Å². The first-order valence-corrected chi connectivity index (χ1v) is 7.17. The molecule has 0 heterocycles. The number of benzene rings is 1. The van der Waals surface area contributed by atoms with Gasteiger partial charge in [-0.3, -0.25) is 0 Å². The Kier molecular flexibility index (Phi) is 5.01. The molecular formula is C11H19BiN2. The van der Waals surface area contributed by atoms with Crippen molar-refractivity contribution in [2.45, 2.75) is 20.0 Å². The van der Waals surface area contributed by atoms with Crippen LogP contribution in [0.4, 0.5) is 0 Å². The molecule has 0 saturated heterocycles. The van der Waals surface area contributed by atoms with Gasteiger partial charge in [-0.1, -0.05) is 0 Å². The minimum absolute atomic E-state index is 0.647. The van der Waals surface area contributed by atoms with Crippen LogP contribution in [0.5, 0.6) is 0 Å². The van der Waals surface area contributed by atoms with Crippen molar-refractivity contribution in [1.29, 1.82) is 0 Å². The fourth-order valence-corrected chi connectivity index (χ4v) is 2.38. The van der Waals surface area contributed by atoms with E-state index in [1.54, 1.807) is 0 Å². The molecule has 78 valence electrons. The van der Waals surface area contributed by atoms with Gasteiger partial charge in [0.05, 0.1) is 0 Å². The molecule has 0 aromatic heterocycles. The molecule has 0 amide bonds. The Bertz CT molecular complexity index is 299. The summed E-state index contributed by atoms with van der Waals surface area (Å²) in [6, 6.07) is 6.62. The van der Waals surface area contributed by atoms with Crippen molar-refractivity contribution in [2.75, 3.05) is 13.6 Å². The molecule has 0 unspecified atom stereocenters. The molecule has 3 heteroatoms. The zero-order chi connectivity index (χ0) is 10.6. The first-order chi connectivity index (χ1) is 6.67. The van der Waals surface area contributed by atoms with Crippen LogP contribution in [0.2, 0.25) is 0 Å². The van der Waals surface area contributed by atoms with Crippen LogP contribution in [0.3, 0.4) is 0 Å². The molecular weight excluding hydrogens is 369 g/mol. The van der Waals surface area contributed by atoms with E-state index in [2.05, 4.69) is 37.1 Å². The number of rotatable bonds is 4. The molecule has 0 saturated carbocycles. The second kappa shape index (κ2) is 5.80. The average molecular weight is 388 g/mol. The predicted octanol–water partition coefficient (Wildman–Crippen LogP) is -0.145. The topological polar surface area (TPSA) is 29.3 Å². The summed E-state index contributed by atoms with van der Waals surface area (Å²) in [5, 5.41) is 0. The van der Waals surface area contributed by atoms with Crippen molar-refractivity contribution in [2.24, 2.45) is 5.73 Å². The average Bonchev–Trinajstić information content (AvgIpc) is 2.21. The third-order valence-electron chi connectivity index (χ3n) is 2.42. The van der Waals surface area contributed by atoms with Gasteiger partial charge in [0.15, 0.2) is 0 Å². The Balaban J connectivity index is 2.83. The number of nitrogens with two attached hydrogens (primary N) is 1. The summed E-state index contributed by atoms with van der Waals surface area (Å²) in [6.45, 7) is 4.97. The summed E-state index contributed by atoms with van der Waals surface area (Å²) >= 11 is 0.909. The first kappa shape index (κ1) is 12.1. The molecule has 0 atom stereocenters. The van der Waals surface area contributed by atoms with Gasteiger partial charge in [0, 0.05) is 0 Å². The molecule has 0 spiro atoms. The number of hydrogen-bond acceptors (Lipinski definition) is 2. The molecule has 0 bridgehead atoms. The molecule has 0 aliphatic rings. The van der Waals surface area contributed by atoms with E-state index in [-0.39, 0.29) is 0 Å². The summed E-state index contributed by atoms with van der Waals surface area (Å²) < 4.78 is 1.52. The van der Waals surface area contributed by atoms with Gasteiger partial charge in [-0.05, 0) is 0 Å². The molecule has 0 fully saturated rings. The van der Waals surface area contributed by atoms with Gasteiger partial charge < -0.3 is 0 Å². The van der Waals surface area contributed by atoms with Gasteiger partial charge in [-0.2, -0.15) is 0 Å². The van der Waals surface area contributed by atoms with Crippen molar-refractivity contribution < 1.29 is 0 Å². The second-order valence-corrected chi connectivity index (χ2v) is 5.99. The zero-order valence-electron chi connectivity index (χ0n) is 8.96. The van der Waals surface area contributed by atoms with Crippen LogP contribution < -0.4 is 9.01 Å². The van der Waals surface area contributed by atoms with Gasteiger partial charge in [0.1, 0.15) is 0 Å². The molecule has 2 N–H and O–H groups in total. The Hall–Kier alpha value is 0.0231. The quantitative estimate of drug-likeness (QED) is 0.728. The third-order valence-corrected chi connectivity index (χ3v) is 4.61. The molecule has 0 aliphatic heterocycles. The fraction of sp³-hybridized carbons (Fsp3) is 0.455. The molecule has 2 nitrogen and oxygen atoms in total. The van der Waals surface area contributed by atoms with Crippen molar-refractivity contribution in [1.82, 2.24) is 4.90 Å². The van der Waals surface area contributed by atoms with Gasteiger partial charge in [-0.25, -0.2) is 0 Å². The van der Waals surface area contributed by atoms with E-state index in [1.807, 2.05) is 0 Å². The first-order valence-electron chi connectivity index (χ1n) is 4.93. The van der Waals surface area contributed by atoms with Gasteiger partial charge in [-0.15, -0.1) is 0 Å². The van der Waals surface area contributed by atoms with Crippen LogP contribution in [0.15, 0.2) is 18.2 Å². The van der Waals surface area contributed by atoms with Gasteiger partial charge in [0.25, 0.3) is 0 Å². The standard InChI is InChI=1S/C11H17N2.Bi.2H/c1-3-13(2)9-11-6-4-5-10(7-11)8-12;;;/h4-5,7H,3,8-9,12H2,1-2H3;;;. The molecule has 14 heavy (non-hydrogen) atoms. The third kappa shape index (κ3) is 3.31. The van der Waals surface area contributed by atoms with E-state index >= 15 is 0 Å². The molecule has 0 radical (unpaired) electrons. The van der Waals surface area contributed by atoms with Crippen molar-refractivity contribution in [3.05, 3.63) is 29.3 Å². The van der Waals surface area contributed by atoms with Crippen molar-refractivity contribution in [3.8, 4) is 0 Å². The Morgan fingerprint density at radius 3 is 2.71 bits per heavy atom. The maximum absolute atomic E-state index is 5.63. The predicted molar refractivity (Wildman–Crippen MR) is 64.5 cm³/mol. The van der Waals surface area contributed by atoms with Crippen LogP contribution in [-0.4, -0.2) is 43.2 Å². The molecule has 0 aliphatic carbocycles. The monoisotopic (exact) mass is 388 g/mol. The van der Waals surface area contributed by atoms with Crippen LogP contribution >= 0.6 is 0 Å². The summed E-state index contributed by atoms with van der Waals surface area (Å²) in [4.78, 5) is 2.32. The van der Waals surface area contributed by atoms with Crippen LogP contribution in [0.1, 0.15) is 18.1 Å². The van der Waals surface area contributed by atoms with E-state index < -0.39 is 0 Å². The van der Waals surface area contributed by atoms with E-state index in [0.717, 1.165) is 37.8 Å². The summed E-state index contributed by atoms with van der Waals surface area (Å²) in [6.07, 6.45) is 0. The minimum atomic E-state index is 0.647. The summed E-state index contributed by atoms with van der Waals surface area (Å²) in [5.41, 5.74) is 8.34. The fourth-order valence-electron chi connectivity index (χ4n) is 1.33. The Labute approximate surface area is 101 Å². The van der Waals surface area contributed by atoms with Gasteiger partial charge in [0.2, 0.25) is 0 Å². The second-order valence-electron chi connectivity index (χ2n) is 3.57. The van der Waals surface area contributed by atoms with Crippen LogP contribution in [-0.2, 0) is 13.1 Å². The maximum atomic E-state index is 5.63. The molecule has 1 aromatic rings. The molecule has 1 aromatic carbocycles. The van der Waals surface area contributed by atoms with Crippen molar-refractivity contribution in [3.63, 3.8) is 0 Å². The normalized spacial score (nSPS) is 10.9. The SMILES string of the molecule is CCN(C)Cc1cc(CN)cc[c]1[BiH2]. The summed E-state index contributed by atoms with van der Waals surface area (Å²) in [7, 11) is 2.15. The Morgan fingerprint density at radius 2 is 2.14 bits per heavy atom.